The van der Waals surface area contributed by atoms with E-state index in [1.807, 2.05) is 0 Å². The molecule has 9 heteroatoms. The number of hydrogen-bond acceptors (Lipinski definition) is 5. The second-order valence-corrected chi connectivity index (χ2v) is 9.69. The van der Waals surface area contributed by atoms with Gasteiger partial charge in [-0.15, -0.1) is 0 Å². The maximum absolute atomic E-state index is 15.8. The van der Waals surface area contributed by atoms with Crippen molar-refractivity contribution < 1.29 is 27.8 Å². The minimum atomic E-state index is -1.36. The van der Waals surface area contributed by atoms with E-state index in [0.717, 1.165) is 18.2 Å². The van der Waals surface area contributed by atoms with E-state index in [1.54, 1.807) is 25.3 Å². The second kappa shape index (κ2) is 11.7. The maximum Gasteiger partial charge on any atom is 0.129 e. The van der Waals surface area contributed by atoms with Crippen molar-refractivity contribution in [3.63, 3.8) is 0 Å². The Morgan fingerprint density at radius 3 is 2.50 bits per heavy atom. The lowest BCUT2D eigenvalue weighted by molar-refractivity contribution is -0.0225. The van der Waals surface area contributed by atoms with Gasteiger partial charge in [0.25, 0.3) is 0 Å². The molecule has 2 heterocycles. The number of ether oxygens (including phenoxy) is 2. The first-order valence-corrected chi connectivity index (χ1v) is 12.4. The fourth-order valence-corrected chi connectivity index (χ4v) is 5.32. The quantitative estimate of drug-likeness (QED) is 0.333. The van der Waals surface area contributed by atoms with Gasteiger partial charge in [-0.25, -0.2) is 13.2 Å². The number of benzene rings is 2. The zero-order valence-electron chi connectivity index (χ0n) is 20.1. The van der Waals surface area contributed by atoms with E-state index in [0.29, 0.717) is 54.6 Å². The van der Waals surface area contributed by atoms with Gasteiger partial charge in [-0.2, -0.15) is 0 Å². The number of aromatic nitrogens is 1. The van der Waals surface area contributed by atoms with Gasteiger partial charge in [0.2, 0.25) is 0 Å². The molecule has 0 aliphatic carbocycles. The molecule has 0 amide bonds. The van der Waals surface area contributed by atoms with E-state index in [2.05, 4.69) is 10.3 Å². The summed E-state index contributed by atoms with van der Waals surface area (Å²) < 4.78 is 53.4. The Hall–Kier alpha value is -2.55. The van der Waals surface area contributed by atoms with Gasteiger partial charge in [0.05, 0.1) is 30.4 Å². The average Bonchev–Trinajstić information content (AvgIpc) is 2.86. The lowest BCUT2D eigenvalue weighted by Gasteiger charge is -2.42. The topological polar surface area (TPSA) is 63.6 Å². The predicted octanol–water partition coefficient (Wildman–Crippen LogP) is 6.17. The molecule has 5 nitrogen and oxygen atoms in total. The van der Waals surface area contributed by atoms with Gasteiger partial charge in [0.15, 0.2) is 0 Å². The molecule has 1 aromatic heterocycles. The Kier molecular flexibility index (Phi) is 8.59. The van der Waals surface area contributed by atoms with Crippen LogP contribution in [-0.2, 0) is 0 Å². The third kappa shape index (κ3) is 6.05. The van der Waals surface area contributed by atoms with Crippen LogP contribution >= 0.6 is 11.6 Å². The lowest BCUT2D eigenvalue weighted by atomic mass is 9.69. The van der Waals surface area contributed by atoms with Crippen molar-refractivity contribution >= 4 is 22.5 Å². The van der Waals surface area contributed by atoms with Gasteiger partial charge in [0, 0.05) is 41.8 Å². The Bertz CT molecular complexity index is 1170. The Morgan fingerprint density at radius 1 is 1.08 bits per heavy atom. The first-order valence-electron chi connectivity index (χ1n) is 12.1. The summed E-state index contributed by atoms with van der Waals surface area (Å²) in [7, 11) is 1.54. The van der Waals surface area contributed by atoms with Gasteiger partial charge < -0.3 is 19.9 Å². The highest BCUT2D eigenvalue weighted by Crippen LogP contribution is 2.43. The van der Waals surface area contributed by atoms with Gasteiger partial charge in [-0.05, 0) is 62.4 Å². The number of alkyl halides is 1. The van der Waals surface area contributed by atoms with Crippen LogP contribution in [0.4, 0.5) is 13.2 Å². The molecule has 0 spiro atoms. The number of piperidine rings is 1. The number of nitrogens with zero attached hydrogens (tertiary/aromatic N) is 1. The SMILES string of the molecule is COc1ccc2ncc(Cl)c([C@H](F)CCC3([C@@H](O)CCOc4cc(F)cc(F)c4)CCNCC3)c2c1. The molecule has 1 aliphatic rings. The number of hydrogen-bond donors (Lipinski definition) is 2. The molecule has 0 saturated carbocycles. The van der Waals surface area contributed by atoms with Crippen LogP contribution < -0.4 is 14.8 Å². The third-order valence-electron chi connectivity index (χ3n) is 7.08. The predicted molar refractivity (Wildman–Crippen MR) is 133 cm³/mol. The standard InChI is InChI=1S/C27H30ClF3N2O3/c1-35-19-2-3-24-21(15-19)26(22(28)16-33-24)23(31)4-6-27(7-9-32-10-8-27)25(34)5-11-36-20-13-17(29)12-18(30)14-20/h2-3,12-16,23,25,32,34H,4-11H2,1H3/t23-,25+/m1/s1. The summed E-state index contributed by atoms with van der Waals surface area (Å²) in [5.41, 5.74) is 0.482. The molecule has 1 fully saturated rings. The van der Waals surface area contributed by atoms with Gasteiger partial charge in [0.1, 0.15) is 29.3 Å². The highest BCUT2D eigenvalue weighted by atomic mass is 35.5. The Morgan fingerprint density at radius 2 is 1.81 bits per heavy atom. The molecule has 36 heavy (non-hydrogen) atoms. The van der Waals surface area contributed by atoms with Crippen LogP contribution in [0.5, 0.6) is 11.5 Å². The molecule has 0 radical (unpaired) electrons. The highest BCUT2D eigenvalue weighted by molar-refractivity contribution is 6.32. The van der Waals surface area contributed by atoms with Gasteiger partial charge in [-0.3, -0.25) is 4.98 Å². The van der Waals surface area contributed by atoms with Crippen molar-refractivity contribution in [1.82, 2.24) is 10.3 Å². The van der Waals surface area contributed by atoms with E-state index in [9.17, 15) is 13.9 Å². The minimum absolute atomic E-state index is 0.0671. The number of rotatable bonds is 10. The fourth-order valence-electron chi connectivity index (χ4n) is 5.05. The first kappa shape index (κ1) is 26.5. The minimum Gasteiger partial charge on any atom is -0.497 e. The largest absolute Gasteiger partial charge is 0.497 e. The van der Waals surface area contributed by atoms with Crippen LogP contribution in [0.15, 0.2) is 42.6 Å². The number of pyridine rings is 1. The molecule has 0 unspecified atom stereocenters. The van der Waals surface area contributed by atoms with Crippen molar-refractivity contribution in [2.75, 3.05) is 26.8 Å². The fraction of sp³-hybridized carbons (Fsp3) is 0.444. The van der Waals surface area contributed by atoms with Crippen molar-refractivity contribution in [2.45, 2.75) is 44.4 Å². The molecular formula is C27H30ClF3N2O3. The smallest absolute Gasteiger partial charge is 0.129 e. The van der Waals surface area contributed by atoms with Crippen LogP contribution in [-0.4, -0.2) is 43.0 Å². The number of fused-ring (bicyclic) bond motifs is 1. The number of nitrogens with one attached hydrogen (secondary N) is 1. The van der Waals surface area contributed by atoms with Gasteiger partial charge >= 0.3 is 0 Å². The number of aliphatic hydroxyl groups is 1. The third-order valence-corrected chi connectivity index (χ3v) is 7.38. The van der Waals surface area contributed by atoms with Crippen molar-refractivity contribution in [3.05, 3.63) is 64.8 Å². The molecule has 1 saturated heterocycles. The van der Waals surface area contributed by atoms with E-state index in [-0.39, 0.29) is 30.2 Å². The van der Waals surface area contributed by atoms with Crippen LogP contribution in [0, 0.1) is 17.0 Å². The van der Waals surface area contributed by atoms with Crippen molar-refractivity contribution in [3.8, 4) is 11.5 Å². The van der Waals surface area contributed by atoms with E-state index in [4.69, 9.17) is 21.1 Å². The van der Waals surface area contributed by atoms with Crippen LogP contribution in [0.2, 0.25) is 5.02 Å². The van der Waals surface area contributed by atoms with Crippen molar-refractivity contribution in [1.29, 1.82) is 0 Å². The van der Waals surface area contributed by atoms with Gasteiger partial charge in [-0.1, -0.05) is 11.6 Å². The van der Waals surface area contributed by atoms with Crippen molar-refractivity contribution in [2.24, 2.45) is 5.41 Å². The van der Waals surface area contributed by atoms with Crippen LogP contribution in [0.3, 0.4) is 0 Å². The normalized spacial score (nSPS) is 17.1. The summed E-state index contributed by atoms with van der Waals surface area (Å²) >= 11 is 6.39. The van der Waals surface area contributed by atoms with Crippen LogP contribution in [0.25, 0.3) is 10.9 Å². The Labute approximate surface area is 213 Å². The molecule has 1 aliphatic heterocycles. The summed E-state index contributed by atoms with van der Waals surface area (Å²) in [5, 5.41) is 15.3. The van der Waals surface area contributed by atoms with E-state index in [1.165, 1.54) is 6.20 Å². The molecule has 3 aromatic rings. The van der Waals surface area contributed by atoms with E-state index >= 15 is 4.39 Å². The monoisotopic (exact) mass is 522 g/mol. The maximum atomic E-state index is 15.8. The summed E-state index contributed by atoms with van der Waals surface area (Å²) in [6.07, 6.45) is 1.54. The lowest BCUT2D eigenvalue weighted by Crippen LogP contribution is -2.45. The summed E-state index contributed by atoms with van der Waals surface area (Å²) in [6.45, 7) is 1.50. The zero-order chi connectivity index (χ0) is 25.7. The molecule has 194 valence electrons. The summed E-state index contributed by atoms with van der Waals surface area (Å²) in [4.78, 5) is 4.30. The summed E-state index contributed by atoms with van der Waals surface area (Å²) in [6, 6.07) is 8.23. The number of halogens is 4. The molecule has 2 atom stereocenters. The van der Waals surface area contributed by atoms with E-state index < -0.39 is 29.3 Å². The first-order chi connectivity index (χ1) is 17.3. The molecule has 2 aromatic carbocycles. The number of methoxy groups -OCH3 is 1. The Balaban J connectivity index is 1.46. The second-order valence-electron chi connectivity index (χ2n) is 9.28. The zero-order valence-corrected chi connectivity index (χ0v) is 20.8. The average molecular weight is 523 g/mol. The summed E-state index contributed by atoms with van der Waals surface area (Å²) in [5.74, 6) is -0.801. The number of aliphatic hydroxyl groups excluding tert-OH is 1. The molecule has 0 bridgehead atoms. The molecule has 2 N–H and O–H groups in total. The molecule has 4 rings (SSSR count). The van der Waals surface area contributed by atoms with Crippen LogP contribution in [0.1, 0.15) is 43.8 Å². The molecular weight excluding hydrogens is 493 g/mol. The highest BCUT2D eigenvalue weighted by Gasteiger charge is 2.39.